The van der Waals surface area contributed by atoms with E-state index in [9.17, 15) is 0 Å². The molecule has 9 heavy (non-hydrogen) atoms. The van der Waals surface area contributed by atoms with Gasteiger partial charge in [-0.25, -0.2) is 0 Å². The summed E-state index contributed by atoms with van der Waals surface area (Å²) in [6.07, 6.45) is 1.27. The Morgan fingerprint density at radius 2 is 1.89 bits per heavy atom. The van der Waals surface area contributed by atoms with Crippen molar-refractivity contribution in [1.29, 1.82) is 0 Å². The van der Waals surface area contributed by atoms with E-state index in [2.05, 4.69) is 20.4 Å². The van der Waals surface area contributed by atoms with Crippen molar-refractivity contribution < 1.29 is 4.43 Å². The zero-order valence-electron chi connectivity index (χ0n) is 7.03. The van der Waals surface area contributed by atoms with Crippen LogP contribution in [0.4, 0.5) is 0 Å². The van der Waals surface area contributed by atoms with Gasteiger partial charge in [0.25, 0.3) is 0 Å². The van der Waals surface area contributed by atoms with Crippen LogP contribution in [0, 0.1) is 0 Å². The lowest BCUT2D eigenvalue weighted by Gasteiger charge is -2.22. The monoisotopic (exact) mass is 146 g/mol. The van der Waals surface area contributed by atoms with Gasteiger partial charge in [0.05, 0.1) is 0 Å². The number of hydrogen-bond donors (Lipinski definition) is 0. The van der Waals surface area contributed by atoms with E-state index in [0.29, 0.717) is 0 Å². The van der Waals surface area contributed by atoms with Crippen molar-refractivity contribution in [3.63, 3.8) is 0 Å². The van der Waals surface area contributed by atoms with Crippen LogP contribution in [0.5, 0.6) is 0 Å². The average Bonchev–Trinajstić information content (AvgIpc) is 1.89. The number of rotatable bonds is 4. The van der Waals surface area contributed by atoms with Crippen LogP contribution in [0.2, 0.25) is 18.6 Å². The maximum atomic E-state index is 5.47. The van der Waals surface area contributed by atoms with Crippen LogP contribution in [-0.2, 0) is 4.43 Å². The molecule has 0 aliphatic carbocycles. The van der Waals surface area contributed by atoms with E-state index < -0.39 is 8.32 Å². The fourth-order valence-electron chi connectivity index (χ4n) is 0.952. The Labute approximate surface area is 59.5 Å². The molecular weight excluding hydrogens is 128 g/mol. The molecule has 1 unspecified atom stereocenters. The molecule has 0 saturated carbocycles. The lowest BCUT2D eigenvalue weighted by atomic mass is 10.6. The molecule has 0 aliphatic rings. The van der Waals surface area contributed by atoms with Gasteiger partial charge in [-0.2, -0.15) is 0 Å². The van der Waals surface area contributed by atoms with Crippen LogP contribution in [0.25, 0.3) is 0 Å². The minimum atomic E-state index is -1.20. The molecule has 0 N–H and O–H groups in total. The van der Waals surface area contributed by atoms with Crippen molar-refractivity contribution in [2.24, 2.45) is 0 Å². The fraction of sp³-hybridized carbons (Fsp3) is 1.00. The van der Waals surface area contributed by atoms with Crippen molar-refractivity contribution in [3.8, 4) is 0 Å². The van der Waals surface area contributed by atoms with Crippen LogP contribution in [0.15, 0.2) is 0 Å². The third-order valence-electron chi connectivity index (χ3n) is 2.02. The molecular formula is C7H18OSi. The molecule has 0 spiro atoms. The van der Waals surface area contributed by atoms with E-state index in [4.69, 9.17) is 4.43 Å². The van der Waals surface area contributed by atoms with Crippen molar-refractivity contribution in [1.82, 2.24) is 0 Å². The topological polar surface area (TPSA) is 9.23 Å². The average molecular weight is 146 g/mol. The first-order valence-corrected chi connectivity index (χ1v) is 6.56. The highest BCUT2D eigenvalue weighted by atomic mass is 28.4. The normalized spacial score (nSPS) is 17.3. The standard InChI is InChI=1S/C7H18OSi/c1-5-7-9(4,6-2)8-3/h5-7H2,1-4H3. The van der Waals surface area contributed by atoms with Gasteiger partial charge in [-0.05, 0) is 18.6 Å². The number of hydrogen-bond acceptors (Lipinski definition) is 1. The van der Waals surface area contributed by atoms with Gasteiger partial charge in [0.15, 0.2) is 8.32 Å². The minimum Gasteiger partial charge on any atom is -0.420 e. The van der Waals surface area contributed by atoms with E-state index in [-0.39, 0.29) is 0 Å². The second kappa shape index (κ2) is 4.07. The van der Waals surface area contributed by atoms with Gasteiger partial charge >= 0.3 is 0 Å². The van der Waals surface area contributed by atoms with E-state index in [0.717, 1.165) is 0 Å². The molecule has 1 atom stereocenters. The quantitative estimate of drug-likeness (QED) is 0.554. The molecule has 2 heteroatoms. The molecule has 56 valence electrons. The molecule has 0 saturated heterocycles. The Morgan fingerprint density at radius 1 is 1.33 bits per heavy atom. The van der Waals surface area contributed by atoms with E-state index in [1.54, 1.807) is 0 Å². The predicted molar refractivity (Wildman–Crippen MR) is 44.2 cm³/mol. The Kier molecular flexibility index (Phi) is 4.15. The van der Waals surface area contributed by atoms with Gasteiger partial charge < -0.3 is 4.43 Å². The Morgan fingerprint density at radius 3 is 2.00 bits per heavy atom. The lowest BCUT2D eigenvalue weighted by Crippen LogP contribution is -2.31. The molecule has 0 aromatic carbocycles. The third-order valence-corrected chi connectivity index (χ3v) is 6.06. The Hall–Kier alpha value is 0.177. The summed E-state index contributed by atoms with van der Waals surface area (Å²) in [6.45, 7) is 6.75. The lowest BCUT2D eigenvalue weighted by molar-refractivity contribution is 0.397. The first kappa shape index (κ1) is 9.18. The summed E-state index contributed by atoms with van der Waals surface area (Å²) in [5.74, 6) is 0. The predicted octanol–water partition coefficient (Wildman–Crippen LogP) is 2.64. The molecule has 1 nitrogen and oxygen atoms in total. The maximum Gasteiger partial charge on any atom is 0.188 e. The first-order valence-electron chi connectivity index (χ1n) is 3.73. The summed E-state index contributed by atoms with van der Waals surface area (Å²) in [6, 6.07) is 2.55. The molecule has 0 aromatic heterocycles. The smallest absolute Gasteiger partial charge is 0.188 e. The van der Waals surface area contributed by atoms with Gasteiger partial charge in [-0.15, -0.1) is 0 Å². The van der Waals surface area contributed by atoms with Crippen molar-refractivity contribution in [3.05, 3.63) is 0 Å². The summed E-state index contributed by atoms with van der Waals surface area (Å²) >= 11 is 0. The van der Waals surface area contributed by atoms with Crippen molar-refractivity contribution >= 4 is 8.32 Å². The molecule has 0 amide bonds. The first-order chi connectivity index (χ1) is 4.18. The molecule has 0 rings (SSSR count). The summed E-state index contributed by atoms with van der Waals surface area (Å²) < 4.78 is 5.47. The maximum absolute atomic E-state index is 5.47. The second-order valence-electron chi connectivity index (χ2n) is 2.76. The molecule has 0 heterocycles. The van der Waals surface area contributed by atoms with E-state index in [1.165, 1.54) is 18.5 Å². The van der Waals surface area contributed by atoms with Crippen LogP contribution >= 0.6 is 0 Å². The zero-order chi connectivity index (χ0) is 7.33. The largest absolute Gasteiger partial charge is 0.420 e. The molecule has 0 fully saturated rings. The van der Waals surface area contributed by atoms with Crippen LogP contribution in [-0.4, -0.2) is 15.4 Å². The van der Waals surface area contributed by atoms with Crippen LogP contribution in [0.1, 0.15) is 20.3 Å². The van der Waals surface area contributed by atoms with Crippen LogP contribution < -0.4 is 0 Å². The summed E-state index contributed by atoms with van der Waals surface area (Å²) in [5.41, 5.74) is 0. The van der Waals surface area contributed by atoms with Gasteiger partial charge in [-0.3, -0.25) is 0 Å². The zero-order valence-corrected chi connectivity index (χ0v) is 8.03. The molecule has 0 radical (unpaired) electrons. The minimum absolute atomic E-state index is 1.20. The highest BCUT2D eigenvalue weighted by Gasteiger charge is 2.22. The summed E-state index contributed by atoms with van der Waals surface area (Å²) in [4.78, 5) is 0. The van der Waals surface area contributed by atoms with Gasteiger partial charge in [-0.1, -0.05) is 20.3 Å². The Bertz CT molecular complexity index is 69.3. The van der Waals surface area contributed by atoms with Crippen molar-refractivity contribution in [2.75, 3.05) is 7.11 Å². The van der Waals surface area contributed by atoms with E-state index in [1.807, 2.05) is 7.11 Å². The van der Waals surface area contributed by atoms with Gasteiger partial charge in [0.1, 0.15) is 0 Å². The fourth-order valence-corrected chi connectivity index (χ4v) is 2.86. The third kappa shape index (κ3) is 3.01. The molecule has 0 aliphatic heterocycles. The summed E-state index contributed by atoms with van der Waals surface area (Å²) in [7, 11) is 0.655. The van der Waals surface area contributed by atoms with Crippen LogP contribution in [0.3, 0.4) is 0 Å². The van der Waals surface area contributed by atoms with Gasteiger partial charge in [0.2, 0.25) is 0 Å². The van der Waals surface area contributed by atoms with Gasteiger partial charge in [0, 0.05) is 7.11 Å². The highest BCUT2D eigenvalue weighted by Crippen LogP contribution is 2.16. The van der Waals surface area contributed by atoms with E-state index >= 15 is 0 Å². The highest BCUT2D eigenvalue weighted by molar-refractivity contribution is 6.72. The SMILES string of the molecule is CCC[Si](C)(CC)OC. The summed E-state index contributed by atoms with van der Waals surface area (Å²) in [5, 5.41) is 0. The Balaban J connectivity index is 3.62. The molecule has 0 aromatic rings. The second-order valence-corrected chi connectivity index (χ2v) is 7.27. The molecule has 0 bridgehead atoms. The van der Waals surface area contributed by atoms with Crippen molar-refractivity contribution in [2.45, 2.75) is 38.9 Å².